The van der Waals surface area contributed by atoms with Gasteiger partial charge in [0.25, 0.3) is 8.24 Å². The monoisotopic (exact) mass is 336 g/mol. The van der Waals surface area contributed by atoms with E-state index < -0.39 is 8.24 Å². The number of halogens is 1. The maximum atomic E-state index is 8.84. The van der Waals surface area contributed by atoms with E-state index in [4.69, 9.17) is 9.26 Å². The van der Waals surface area contributed by atoms with Crippen LogP contribution in [0.1, 0.15) is 0 Å². The van der Waals surface area contributed by atoms with Crippen LogP contribution in [0.4, 0.5) is 0 Å². The first-order valence-corrected chi connectivity index (χ1v) is 2.93. The molecule has 1 radical (unpaired) electrons. The second-order valence-electron chi connectivity index (χ2n) is 0.238. The zero-order valence-corrected chi connectivity index (χ0v) is 10.4. The van der Waals surface area contributed by atoms with Gasteiger partial charge in [0.15, 0.2) is 0 Å². The molecule has 6 heavy (non-hydrogen) atoms. The molecule has 29 valence electrons. The summed E-state index contributed by atoms with van der Waals surface area (Å²) in [6, 6.07) is 0. The molecule has 0 aromatic rings. The zero-order chi connectivity index (χ0) is 3.58. The Morgan fingerprint density at radius 3 is 1.67 bits per heavy atom. The van der Waals surface area contributed by atoms with Crippen LogP contribution in [0.3, 0.4) is 0 Å². The minimum Gasteiger partial charge on any atom is -0.572 e. The molecule has 0 unspecified atom stereocenters. The SMILES string of the molecule is O=[Si]([O-])Cl.[Eu+2].[Sr+2]. The molecular weight excluding hydrogens is 335 g/mol. The topological polar surface area (TPSA) is 40.1 Å². The molecule has 6 heteroatoms. The van der Waals surface area contributed by atoms with Crippen molar-refractivity contribution >= 4 is 64.8 Å². The van der Waals surface area contributed by atoms with Crippen LogP contribution < -0.4 is 4.80 Å². The van der Waals surface area contributed by atoms with E-state index in [0.29, 0.717) is 0 Å². The zero-order valence-electron chi connectivity index (χ0n) is 2.78. The standard InChI is InChI=1S/ClO2Si.Eu.Sr/c1-4(2)3;;/q-1;2*+2. The van der Waals surface area contributed by atoms with Gasteiger partial charge in [0.1, 0.15) is 0 Å². The van der Waals surface area contributed by atoms with E-state index in [1.807, 2.05) is 0 Å². The Balaban J connectivity index is -0.0000000450. The predicted octanol–water partition coefficient (Wildman–Crippen LogP) is -1.38. The Labute approximate surface area is 120 Å². The number of rotatable bonds is 0. The van der Waals surface area contributed by atoms with Gasteiger partial charge in [-0.25, -0.2) is 0 Å². The van der Waals surface area contributed by atoms with Crippen LogP contribution in [-0.4, -0.2) is 53.7 Å². The molecule has 0 saturated heterocycles. The summed E-state index contributed by atoms with van der Waals surface area (Å²) in [5, 5.41) is 0. The van der Waals surface area contributed by atoms with E-state index in [9.17, 15) is 0 Å². The van der Waals surface area contributed by atoms with Crippen molar-refractivity contribution in [2.24, 2.45) is 0 Å². The summed E-state index contributed by atoms with van der Waals surface area (Å²) in [6.07, 6.45) is 0. The summed E-state index contributed by atoms with van der Waals surface area (Å²) in [5.74, 6) is 0. The third-order valence-electron chi connectivity index (χ3n) is 0. The van der Waals surface area contributed by atoms with E-state index in [0.717, 1.165) is 0 Å². The molecule has 0 aliphatic heterocycles. The fourth-order valence-electron chi connectivity index (χ4n) is 0. The molecule has 0 fully saturated rings. The van der Waals surface area contributed by atoms with Gasteiger partial charge in [-0.1, -0.05) is 0 Å². The Kier molecular flexibility index (Phi) is 29.6. The molecule has 0 rings (SSSR count). The molecule has 0 N–H and O–H groups in total. The molecule has 0 atom stereocenters. The van der Waals surface area contributed by atoms with E-state index >= 15 is 0 Å². The summed E-state index contributed by atoms with van der Waals surface area (Å²) in [4.78, 5) is 8.84. The number of hydrogen-bond acceptors (Lipinski definition) is 2. The van der Waals surface area contributed by atoms with Crippen molar-refractivity contribution in [3.63, 3.8) is 0 Å². The van der Waals surface area contributed by atoms with Crippen molar-refractivity contribution in [3.8, 4) is 0 Å². The van der Waals surface area contributed by atoms with E-state index in [1.54, 1.807) is 0 Å². The maximum absolute atomic E-state index is 8.84. The van der Waals surface area contributed by atoms with Crippen molar-refractivity contribution in [2.45, 2.75) is 0 Å². The van der Waals surface area contributed by atoms with Crippen LogP contribution in [-0.2, 0) is 4.46 Å². The molecule has 0 saturated carbocycles. The second kappa shape index (κ2) is 11.0. The van der Waals surface area contributed by atoms with Crippen LogP contribution >= 0.6 is 11.1 Å². The van der Waals surface area contributed by atoms with Gasteiger partial charge in [0.2, 0.25) is 0 Å². The van der Waals surface area contributed by atoms with Gasteiger partial charge in [-0.2, -0.15) is 0 Å². The van der Waals surface area contributed by atoms with Crippen LogP contribution in [0, 0.1) is 49.4 Å². The molecule has 0 amide bonds. The smallest absolute Gasteiger partial charge is 0.572 e. The average Bonchev–Trinajstić information content (AvgIpc) is 0.811. The molecule has 0 aliphatic rings. The van der Waals surface area contributed by atoms with Gasteiger partial charge in [0, 0.05) is 0 Å². The Morgan fingerprint density at radius 1 is 1.67 bits per heavy atom. The van der Waals surface area contributed by atoms with Gasteiger partial charge in [-0.3, -0.25) is 0 Å². The quantitative estimate of drug-likeness (QED) is 0.405. The first-order chi connectivity index (χ1) is 1.73. The molecular formula is ClEuO2SiSr+3. The van der Waals surface area contributed by atoms with Gasteiger partial charge in [0.05, 0.1) is 0 Å². The third-order valence-corrected chi connectivity index (χ3v) is 0. The van der Waals surface area contributed by atoms with Crippen molar-refractivity contribution in [1.29, 1.82) is 0 Å². The van der Waals surface area contributed by atoms with Gasteiger partial charge >= 0.3 is 94.9 Å². The molecule has 0 heterocycles. The predicted molar refractivity (Wildman–Crippen MR) is 18.0 cm³/mol. The van der Waals surface area contributed by atoms with Crippen LogP contribution in [0.15, 0.2) is 0 Å². The average molecular weight is 335 g/mol. The minimum absolute atomic E-state index is 0. The van der Waals surface area contributed by atoms with Gasteiger partial charge in [-0.05, 0) is 0 Å². The fourth-order valence-corrected chi connectivity index (χ4v) is 0. The number of hydrogen-bond donors (Lipinski definition) is 0. The minimum atomic E-state index is -2.91. The largest absolute Gasteiger partial charge is 2.00 e. The van der Waals surface area contributed by atoms with Gasteiger partial charge in [-0.15, -0.1) is 11.1 Å². The first kappa shape index (κ1) is 16.1. The molecule has 2 nitrogen and oxygen atoms in total. The third kappa shape index (κ3) is 27.2. The molecule has 0 aromatic carbocycles. The van der Waals surface area contributed by atoms with Crippen LogP contribution in [0.2, 0.25) is 0 Å². The molecule has 0 bridgehead atoms. The molecule has 0 aromatic heterocycles. The van der Waals surface area contributed by atoms with E-state index in [1.165, 1.54) is 0 Å². The molecule has 0 aliphatic carbocycles. The van der Waals surface area contributed by atoms with Crippen molar-refractivity contribution < 1.29 is 58.6 Å². The van der Waals surface area contributed by atoms with Crippen molar-refractivity contribution in [2.75, 3.05) is 0 Å². The van der Waals surface area contributed by atoms with Gasteiger partial charge < -0.3 is 9.26 Å². The Morgan fingerprint density at radius 2 is 1.67 bits per heavy atom. The van der Waals surface area contributed by atoms with E-state index in [-0.39, 0.29) is 94.9 Å². The summed E-state index contributed by atoms with van der Waals surface area (Å²) in [5.41, 5.74) is 0. The van der Waals surface area contributed by atoms with E-state index in [2.05, 4.69) is 11.1 Å². The second-order valence-corrected chi connectivity index (χ2v) is 1.64. The maximum Gasteiger partial charge on any atom is 2.00 e. The first-order valence-electron chi connectivity index (χ1n) is 0.597. The fraction of sp³-hybridized carbons (Fsp3) is 0. The normalized spacial score (nSPS) is 4.17. The summed E-state index contributed by atoms with van der Waals surface area (Å²) in [6.45, 7) is 0. The van der Waals surface area contributed by atoms with Crippen LogP contribution in [0.25, 0.3) is 0 Å². The van der Waals surface area contributed by atoms with Crippen LogP contribution in [0.5, 0.6) is 0 Å². The summed E-state index contributed by atoms with van der Waals surface area (Å²) >= 11 is 4.27. The Bertz CT molecular complexity index is 36.5. The van der Waals surface area contributed by atoms with Crippen molar-refractivity contribution in [1.82, 2.24) is 0 Å². The van der Waals surface area contributed by atoms with Crippen molar-refractivity contribution in [3.05, 3.63) is 0 Å². The Hall–Kier alpha value is 3.17. The summed E-state index contributed by atoms with van der Waals surface area (Å²) in [7, 11) is -2.91. The molecule has 0 spiro atoms. The summed E-state index contributed by atoms with van der Waals surface area (Å²) < 4.78 is 8.84.